The van der Waals surface area contributed by atoms with E-state index in [1.54, 1.807) is 24.3 Å². The average Bonchev–Trinajstić information content (AvgIpc) is 3.16. The molecule has 6 nitrogen and oxygen atoms in total. The van der Waals surface area contributed by atoms with Gasteiger partial charge in [-0.05, 0) is 72.7 Å². The van der Waals surface area contributed by atoms with Crippen LogP contribution in [-0.2, 0) is 9.53 Å². The Morgan fingerprint density at radius 2 is 1.68 bits per heavy atom. The summed E-state index contributed by atoms with van der Waals surface area (Å²) in [6.07, 6.45) is 0. The number of halogens is 1. The van der Waals surface area contributed by atoms with Crippen LogP contribution >= 0.6 is 15.9 Å². The molecule has 0 atom stereocenters. The Kier molecular flexibility index (Phi) is 7.35. The molecule has 2 N–H and O–H groups in total. The number of hydrogen-bond donors (Lipinski definition) is 2. The van der Waals surface area contributed by atoms with Gasteiger partial charge in [-0.3, -0.25) is 4.79 Å². The van der Waals surface area contributed by atoms with Crippen LogP contribution in [0.25, 0.3) is 11.3 Å². The first-order valence-corrected chi connectivity index (χ1v) is 15.7. The van der Waals surface area contributed by atoms with Gasteiger partial charge >= 0.3 is 5.97 Å². The number of nitrogens with one attached hydrogen (secondary N) is 2. The predicted molar refractivity (Wildman–Crippen MR) is 155 cm³/mol. The van der Waals surface area contributed by atoms with Crippen molar-refractivity contribution >= 4 is 58.8 Å². The molecular weight excluding hydrogens is 548 g/mol. The van der Waals surface area contributed by atoms with Crippen molar-refractivity contribution in [3.63, 3.8) is 0 Å². The Bertz CT molecular complexity index is 1390. The Hall–Kier alpha value is -3.36. The highest BCUT2D eigenvalue weighted by Gasteiger charge is 2.39. The number of esters is 1. The fraction of sp³-hybridized carbons (Fsp3) is 0.241. The van der Waals surface area contributed by atoms with E-state index in [1.165, 1.54) is 7.11 Å². The van der Waals surface area contributed by atoms with Crippen molar-refractivity contribution in [2.75, 3.05) is 17.7 Å². The standard InChI is InChI=1S/C29H31BrN2O4Si/c1-29(2,3)37(5,6)36-22-9-7-8-19(16-22)26(31-21-13-10-18(11-14-21)28(34)35-4)25-23-17-20(30)12-15-24(23)32-27(25)33/h7-17,31H,1-6H3,(H,32,33)/b26-25-. The monoisotopic (exact) mass is 578 g/mol. The molecule has 1 heterocycles. The summed E-state index contributed by atoms with van der Waals surface area (Å²) in [5.41, 5.74) is 4.69. The summed E-state index contributed by atoms with van der Waals surface area (Å²) in [6.45, 7) is 11.0. The molecule has 1 aliphatic rings. The van der Waals surface area contributed by atoms with Gasteiger partial charge in [0.1, 0.15) is 5.75 Å². The topological polar surface area (TPSA) is 76.7 Å². The molecule has 0 aromatic heterocycles. The number of hydrogen-bond acceptors (Lipinski definition) is 5. The van der Waals surface area contributed by atoms with Crippen LogP contribution in [0.1, 0.15) is 42.3 Å². The highest BCUT2D eigenvalue weighted by atomic mass is 79.9. The van der Waals surface area contributed by atoms with E-state index in [-0.39, 0.29) is 10.9 Å². The smallest absolute Gasteiger partial charge is 0.337 e. The molecule has 0 fully saturated rings. The third kappa shape index (κ3) is 5.65. The molecule has 1 amide bonds. The molecule has 0 spiro atoms. The lowest BCUT2D eigenvalue weighted by atomic mass is 10.00. The lowest BCUT2D eigenvalue weighted by Crippen LogP contribution is -2.43. The maximum absolute atomic E-state index is 13.3. The van der Waals surface area contributed by atoms with Crippen molar-refractivity contribution in [3.8, 4) is 5.75 Å². The molecule has 4 rings (SSSR count). The summed E-state index contributed by atoms with van der Waals surface area (Å²) >= 11 is 3.53. The normalized spacial score (nSPS) is 14.5. The van der Waals surface area contributed by atoms with Crippen LogP contribution in [0.15, 0.2) is 71.2 Å². The van der Waals surface area contributed by atoms with E-state index in [0.29, 0.717) is 16.8 Å². The maximum Gasteiger partial charge on any atom is 0.337 e. The summed E-state index contributed by atoms with van der Waals surface area (Å²) in [5.74, 6) is 0.157. The van der Waals surface area contributed by atoms with Gasteiger partial charge in [0.15, 0.2) is 0 Å². The van der Waals surface area contributed by atoms with Gasteiger partial charge in [0.2, 0.25) is 8.32 Å². The van der Waals surface area contributed by atoms with Crippen LogP contribution in [0.2, 0.25) is 18.1 Å². The van der Waals surface area contributed by atoms with Crippen molar-refractivity contribution in [2.24, 2.45) is 0 Å². The first-order valence-electron chi connectivity index (χ1n) is 12.0. The van der Waals surface area contributed by atoms with E-state index < -0.39 is 14.3 Å². The number of carbonyl (C=O) groups is 2. The minimum Gasteiger partial charge on any atom is -0.543 e. The van der Waals surface area contributed by atoms with E-state index in [0.717, 1.165) is 32.7 Å². The number of carbonyl (C=O) groups excluding carboxylic acids is 2. The average molecular weight is 580 g/mol. The molecular formula is C29H31BrN2O4Si. The highest BCUT2D eigenvalue weighted by molar-refractivity contribution is 9.10. The minimum atomic E-state index is -2.07. The molecule has 0 bridgehead atoms. The number of methoxy groups -OCH3 is 1. The maximum atomic E-state index is 13.3. The molecule has 0 aliphatic carbocycles. The third-order valence-electron chi connectivity index (χ3n) is 6.85. The molecule has 1 aliphatic heterocycles. The Morgan fingerprint density at radius 3 is 2.32 bits per heavy atom. The van der Waals surface area contributed by atoms with Gasteiger partial charge in [-0.25, -0.2) is 4.79 Å². The SMILES string of the molecule is COC(=O)c1ccc(N/C(=C2\C(=O)Nc3ccc(Br)cc32)c2cccc(O[Si](C)(C)C(C)(C)C)c2)cc1. The lowest BCUT2D eigenvalue weighted by molar-refractivity contribution is -0.110. The zero-order valence-corrected chi connectivity index (χ0v) is 24.4. The van der Waals surface area contributed by atoms with E-state index in [2.05, 4.69) is 60.4 Å². The van der Waals surface area contributed by atoms with E-state index >= 15 is 0 Å². The molecule has 8 heteroatoms. The number of amides is 1. The summed E-state index contributed by atoms with van der Waals surface area (Å²) in [6, 6.07) is 20.5. The zero-order chi connectivity index (χ0) is 27.0. The van der Waals surface area contributed by atoms with Gasteiger partial charge in [0, 0.05) is 27.0 Å². The highest BCUT2D eigenvalue weighted by Crippen LogP contribution is 2.41. The third-order valence-corrected chi connectivity index (χ3v) is 11.7. The molecule has 0 radical (unpaired) electrons. The summed E-state index contributed by atoms with van der Waals surface area (Å²) < 4.78 is 12.3. The summed E-state index contributed by atoms with van der Waals surface area (Å²) in [5, 5.41) is 6.45. The number of rotatable bonds is 6. The van der Waals surface area contributed by atoms with Gasteiger partial charge < -0.3 is 19.8 Å². The van der Waals surface area contributed by atoms with Crippen LogP contribution in [0.3, 0.4) is 0 Å². The van der Waals surface area contributed by atoms with E-state index in [9.17, 15) is 9.59 Å². The zero-order valence-electron chi connectivity index (χ0n) is 21.9. The molecule has 0 saturated heterocycles. The van der Waals surface area contributed by atoms with Gasteiger partial charge in [0.25, 0.3) is 5.91 Å². The Balaban J connectivity index is 1.83. The largest absolute Gasteiger partial charge is 0.543 e. The first kappa shape index (κ1) is 26.7. The van der Waals surface area contributed by atoms with E-state index in [1.807, 2.05) is 42.5 Å². The summed E-state index contributed by atoms with van der Waals surface area (Å²) in [4.78, 5) is 25.2. The van der Waals surface area contributed by atoms with E-state index in [4.69, 9.17) is 9.16 Å². The fourth-order valence-corrected chi connectivity index (χ4v) is 5.16. The van der Waals surface area contributed by atoms with Gasteiger partial charge in [0.05, 0.1) is 23.9 Å². The first-order chi connectivity index (χ1) is 17.4. The fourth-order valence-electron chi connectivity index (χ4n) is 3.78. The van der Waals surface area contributed by atoms with Crippen LogP contribution in [0.4, 0.5) is 11.4 Å². The number of ether oxygens (including phenoxy) is 1. The van der Waals surface area contributed by atoms with Crippen molar-refractivity contribution in [2.45, 2.75) is 38.9 Å². The van der Waals surface area contributed by atoms with Gasteiger partial charge in [-0.15, -0.1) is 0 Å². The number of benzene rings is 3. The van der Waals surface area contributed by atoms with Crippen molar-refractivity contribution < 1.29 is 18.8 Å². The molecule has 3 aromatic carbocycles. The lowest BCUT2D eigenvalue weighted by Gasteiger charge is -2.36. The van der Waals surface area contributed by atoms with Crippen LogP contribution in [0.5, 0.6) is 5.75 Å². The number of fused-ring (bicyclic) bond motifs is 1. The van der Waals surface area contributed by atoms with Crippen molar-refractivity contribution in [1.82, 2.24) is 0 Å². The molecule has 0 saturated carbocycles. The molecule has 3 aromatic rings. The number of anilines is 2. The Morgan fingerprint density at radius 1 is 0.973 bits per heavy atom. The second kappa shape index (κ2) is 10.2. The van der Waals surface area contributed by atoms with Crippen molar-refractivity contribution in [3.05, 3.63) is 87.9 Å². The van der Waals surface area contributed by atoms with Crippen LogP contribution in [0, 0.1) is 0 Å². The minimum absolute atomic E-state index is 0.0422. The van der Waals surface area contributed by atoms with Gasteiger partial charge in [-0.1, -0.05) is 48.8 Å². The Labute approximate surface area is 227 Å². The van der Waals surface area contributed by atoms with Crippen LogP contribution < -0.4 is 15.1 Å². The van der Waals surface area contributed by atoms with Gasteiger partial charge in [-0.2, -0.15) is 0 Å². The second-order valence-electron chi connectivity index (χ2n) is 10.5. The van der Waals surface area contributed by atoms with Crippen LogP contribution in [-0.4, -0.2) is 27.3 Å². The molecule has 0 unspecified atom stereocenters. The molecule has 37 heavy (non-hydrogen) atoms. The summed E-state index contributed by atoms with van der Waals surface area (Å²) in [7, 11) is -0.723. The van der Waals surface area contributed by atoms with Crippen molar-refractivity contribution in [1.29, 1.82) is 0 Å². The molecule has 192 valence electrons. The second-order valence-corrected chi connectivity index (χ2v) is 16.1. The quantitative estimate of drug-likeness (QED) is 0.179. The predicted octanol–water partition coefficient (Wildman–Crippen LogP) is 7.55.